The quantitative estimate of drug-likeness (QED) is 0.189. The molecule has 2 aliphatic rings. The molecule has 1 aliphatic heterocycles. The Morgan fingerprint density at radius 1 is 0.545 bits per heavy atom. The maximum atomic E-state index is 3.39. The van der Waals surface area contributed by atoms with E-state index in [0.29, 0.717) is 0 Å². The van der Waals surface area contributed by atoms with E-state index in [0.717, 1.165) is 5.69 Å². The molecule has 6 aromatic carbocycles. The first-order valence-electron chi connectivity index (χ1n) is 15.1. The van der Waals surface area contributed by atoms with Gasteiger partial charge in [-0.15, -0.1) is 0 Å². The van der Waals surface area contributed by atoms with Crippen molar-refractivity contribution in [3.8, 4) is 16.8 Å². The lowest BCUT2D eigenvalue weighted by Gasteiger charge is -2.33. The number of rotatable bonds is 4. The number of hydrogen-bond acceptors (Lipinski definition) is 0. The molecule has 44 heavy (non-hydrogen) atoms. The van der Waals surface area contributed by atoms with Crippen molar-refractivity contribution in [3.63, 3.8) is 0 Å². The third-order valence-electron chi connectivity index (χ3n) is 9.33. The summed E-state index contributed by atoms with van der Waals surface area (Å²) in [4.78, 5) is 0. The third-order valence-corrected chi connectivity index (χ3v) is 9.33. The van der Waals surface area contributed by atoms with Crippen LogP contribution >= 0.6 is 0 Å². The molecule has 0 fully saturated rings. The fourth-order valence-corrected chi connectivity index (χ4v) is 7.52. The lowest BCUT2D eigenvalue weighted by atomic mass is 9.67. The lowest BCUT2D eigenvalue weighted by Crippen LogP contribution is -2.28. The van der Waals surface area contributed by atoms with Gasteiger partial charge in [-0.3, -0.25) is 0 Å². The summed E-state index contributed by atoms with van der Waals surface area (Å²) in [5.74, 6) is 0. The van der Waals surface area contributed by atoms with E-state index in [1.807, 2.05) is 17.8 Å². The van der Waals surface area contributed by atoms with E-state index in [2.05, 4.69) is 167 Å². The van der Waals surface area contributed by atoms with Gasteiger partial charge in [-0.05, 0) is 63.7 Å². The molecule has 9 rings (SSSR count). The molecule has 0 saturated heterocycles. The highest BCUT2D eigenvalue weighted by molar-refractivity contribution is 6.09. The zero-order valence-electron chi connectivity index (χ0n) is 24.4. The number of fused-ring (bicyclic) bond motifs is 6. The highest BCUT2D eigenvalue weighted by Gasteiger charge is 2.46. The first-order valence-corrected chi connectivity index (χ1v) is 15.1. The molecule has 206 valence electrons. The van der Waals surface area contributed by atoms with Gasteiger partial charge < -0.3 is 4.57 Å². The average molecular weight is 564 g/mol. The van der Waals surface area contributed by atoms with E-state index in [1.54, 1.807) is 0 Å². The Bertz CT molecular complexity index is 2340. The summed E-state index contributed by atoms with van der Waals surface area (Å²) in [7, 11) is 2.01. The topological polar surface area (TPSA) is 10.9 Å². The Morgan fingerprint density at radius 3 is 1.95 bits per heavy atom. The number of aromatic nitrogens is 1. The van der Waals surface area contributed by atoms with Gasteiger partial charge in [-0.2, -0.15) is 0 Å². The van der Waals surface area contributed by atoms with Crippen molar-refractivity contribution in [2.24, 2.45) is 0 Å². The Labute approximate surface area is 256 Å². The number of hydrogen-bond donors (Lipinski definition) is 0. The van der Waals surface area contributed by atoms with Gasteiger partial charge in [-0.1, -0.05) is 112 Å². The molecular weight excluding hydrogens is 534 g/mol. The van der Waals surface area contributed by atoms with E-state index in [-0.39, 0.29) is 0 Å². The first kappa shape index (κ1) is 24.8. The van der Waals surface area contributed by atoms with E-state index >= 15 is 0 Å². The van der Waals surface area contributed by atoms with E-state index in [4.69, 9.17) is 0 Å². The van der Waals surface area contributed by atoms with Gasteiger partial charge in [0.1, 0.15) is 0 Å². The minimum Gasteiger partial charge on any atom is -0.309 e. The smallest absolute Gasteiger partial charge is 0.309 e. The van der Waals surface area contributed by atoms with Crippen LogP contribution in [0.1, 0.15) is 22.3 Å². The zero-order chi connectivity index (χ0) is 29.3. The first-order chi connectivity index (χ1) is 21.7. The summed E-state index contributed by atoms with van der Waals surface area (Å²) < 4.78 is 6.42. The van der Waals surface area contributed by atoms with Crippen molar-refractivity contribution in [2.45, 2.75) is 5.41 Å². The summed E-state index contributed by atoms with van der Waals surface area (Å²) in [5, 5.41) is 2.51. The third kappa shape index (κ3) is 3.39. The second-order valence-corrected chi connectivity index (χ2v) is 11.7. The molecule has 3 nitrogen and oxygen atoms in total. The van der Waals surface area contributed by atoms with Crippen molar-refractivity contribution in [3.05, 3.63) is 180 Å². The maximum Gasteiger partial charge on any atom is 0.495 e. The molecule has 0 unspecified atom stereocenters. The fraction of sp³-hybridized carbons (Fsp3) is 0.0488. The minimum atomic E-state index is -0.497. The van der Waals surface area contributed by atoms with Crippen LogP contribution in [0.25, 0.3) is 38.6 Å². The van der Waals surface area contributed by atoms with Crippen molar-refractivity contribution in [2.75, 3.05) is 7.05 Å². The molecule has 0 radical (unpaired) electrons. The van der Waals surface area contributed by atoms with Crippen LogP contribution in [-0.4, -0.2) is 26.8 Å². The highest BCUT2D eigenvalue weighted by atomic mass is 15.1. The normalized spacial score (nSPS) is 14.5. The number of benzene rings is 6. The molecular formula is C41H29N3+2. The average Bonchev–Trinajstić information content (AvgIpc) is 3.76. The minimum absolute atomic E-state index is 0.497. The van der Waals surface area contributed by atoms with Crippen molar-refractivity contribution in [1.29, 1.82) is 0 Å². The highest BCUT2D eigenvalue weighted by Crippen LogP contribution is 2.56. The van der Waals surface area contributed by atoms with E-state index in [1.165, 1.54) is 60.9 Å². The summed E-state index contributed by atoms with van der Waals surface area (Å²) in [5.41, 5.74) is 11.9. The van der Waals surface area contributed by atoms with Crippen molar-refractivity contribution < 1.29 is 9.15 Å². The van der Waals surface area contributed by atoms with Gasteiger partial charge in [-0.25, -0.2) is 0 Å². The summed E-state index contributed by atoms with van der Waals surface area (Å²) in [6.45, 7) is 0. The van der Waals surface area contributed by atoms with Crippen LogP contribution < -0.4 is 0 Å². The molecule has 7 aromatic rings. The SMILES string of the molecule is C[N+]1=C=[N+](c2cccc(C3(c4ccc5c(c4)c4ccccc4n5-c4ccccc4)c4ccccc4-c4ccccc43)c2)C=C1. The van der Waals surface area contributed by atoms with Crippen LogP contribution in [0, 0.1) is 0 Å². The van der Waals surface area contributed by atoms with Gasteiger partial charge in [0.25, 0.3) is 6.20 Å². The van der Waals surface area contributed by atoms with Crippen molar-refractivity contribution >= 4 is 33.5 Å². The second kappa shape index (κ2) is 9.37. The lowest BCUT2D eigenvalue weighted by molar-refractivity contribution is -0.429. The van der Waals surface area contributed by atoms with Gasteiger partial charge in [0.2, 0.25) is 11.9 Å². The molecule has 0 bridgehead atoms. The predicted molar refractivity (Wildman–Crippen MR) is 178 cm³/mol. The molecule has 0 atom stereocenters. The molecule has 0 spiro atoms. The van der Waals surface area contributed by atoms with Gasteiger partial charge in [0, 0.05) is 28.6 Å². The molecule has 0 N–H and O–H groups in total. The van der Waals surface area contributed by atoms with Gasteiger partial charge >= 0.3 is 6.01 Å². The van der Waals surface area contributed by atoms with Crippen LogP contribution in [-0.2, 0) is 5.41 Å². The molecule has 0 amide bonds. The van der Waals surface area contributed by atoms with Crippen LogP contribution in [0.5, 0.6) is 0 Å². The second-order valence-electron chi connectivity index (χ2n) is 11.7. The van der Waals surface area contributed by atoms with Gasteiger partial charge in [0.15, 0.2) is 7.05 Å². The van der Waals surface area contributed by atoms with Crippen LogP contribution in [0.4, 0.5) is 5.69 Å². The van der Waals surface area contributed by atoms with Crippen LogP contribution in [0.3, 0.4) is 0 Å². The Hall–Kier alpha value is -5.76. The van der Waals surface area contributed by atoms with E-state index < -0.39 is 5.41 Å². The summed E-state index contributed by atoms with van der Waals surface area (Å²) >= 11 is 0. The van der Waals surface area contributed by atoms with Gasteiger partial charge in [0.05, 0.1) is 16.4 Å². The maximum absolute atomic E-state index is 3.39. The monoisotopic (exact) mass is 563 g/mol. The Balaban J connectivity index is 1.39. The number of para-hydroxylation sites is 2. The zero-order valence-corrected chi connectivity index (χ0v) is 24.4. The molecule has 3 heteroatoms. The van der Waals surface area contributed by atoms with Crippen LogP contribution in [0.2, 0.25) is 0 Å². The molecule has 0 saturated carbocycles. The molecule has 1 aromatic heterocycles. The van der Waals surface area contributed by atoms with Crippen LogP contribution in [0.15, 0.2) is 158 Å². The number of nitrogens with zero attached hydrogens (tertiary/aromatic N) is 3. The predicted octanol–water partition coefficient (Wildman–Crippen LogP) is 9.09. The Morgan fingerprint density at radius 2 is 1.20 bits per heavy atom. The van der Waals surface area contributed by atoms with E-state index in [9.17, 15) is 0 Å². The summed E-state index contributed by atoms with van der Waals surface area (Å²) in [6.07, 6.45) is 4.09. The summed E-state index contributed by atoms with van der Waals surface area (Å²) in [6, 6.07) is 56.8. The fourth-order valence-electron chi connectivity index (χ4n) is 7.52. The largest absolute Gasteiger partial charge is 0.495 e. The molecule has 2 heterocycles. The van der Waals surface area contributed by atoms with Crippen molar-refractivity contribution in [1.82, 2.24) is 4.57 Å². The standard InChI is InChI=1S/C41H29N3/c1-42-24-25-43(28-42)32-15-11-12-29(26-32)41(37-19-8-5-16-33(37)34-17-6-9-20-38(34)41)30-22-23-40-36(27-30)35-18-7-10-21-39(35)44(40)31-13-3-2-4-14-31/h2-27H,1H3/q+2. The molecule has 1 aliphatic carbocycles. The Kier molecular flexibility index (Phi) is 5.28.